The maximum atomic E-state index is 11.3. The lowest BCUT2D eigenvalue weighted by Gasteiger charge is -2.34. The Labute approximate surface area is 74.1 Å². The molecule has 0 aromatic rings. The smallest absolute Gasteiger partial charge is 0.236 e. The van der Waals surface area contributed by atoms with Gasteiger partial charge in [-0.3, -0.25) is 4.79 Å². The molecule has 0 aliphatic carbocycles. The summed E-state index contributed by atoms with van der Waals surface area (Å²) < 4.78 is 0. The predicted molar refractivity (Wildman–Crippen MR) is 48.9 cm³/mol. The van der Waals surface area contributed by atoms with Gasteiger partial charge in [0.25, 0.3) is 0 Å². The van der Waals surface area contributed by atoms with Gasteiger partial charge in [0.15, 0.2) is 0 Å². The number of carbonyl (C=O) groups is 1. The van der Waals surface area contributed by atoms with Crippen molar-refractivity contribution in [3.63, 3.8) is 0 Å². The standard InChI is InChI=1S/C9H18N2O/c1-4-11-6-8(7(2)3)10-5-9(11)12/h7-8,10H,4-6H2,1-3H3/t8-/m0/s1. The third-order valence-electron chi connectivity index (χ3n) is 2.47. The fraction of sp³-hybridized carbons (Fsp3) is 0.889. The van der Waals surface area contributed by atoms with Gasteiger partial charge in [0.1, 0.15) is 0 Å². The molecule has 1 rings (SSSR count). The maximum absolute atomic E-state index is 11.3. The van der Waals surface area contributed by atoms with Crippen LogP contribution in [0.25, 0.3) is 0 Å². The molecule has 0 aromatic heterocycles. The number of hydrogen-bond donors (Lipinski definition) is 1. The lowest BCUT2D eigenvalue weighted by Crippen LogP contribution is -2.55. The molecule has 0 unspecified atom stereocenters. The van der Waals surface area contributed by atoms with Crippen LogP contribution >= 0.6 is 0 Å². The van der Waals surface area contributed by atoms with Crippen LogP contribution in [-0.4, -0.2) is 36.5 Å². The molecule has 0 spiro atoms. The van der Waals surface area contributed by atoms with Crippen LogP contribution in [0.4, 0.5) is 0 Å². The molecule has 1 saturated heterocycles. The zero-order valence-corrected chi connectivity index (χ0v) is 8.13. The topological polar surface area (TPSA) is 32.3 Å². The summed E-state index contributed by atoms with van der Waals surface area (Å²) in [6.45, 7) is 8.61. The van der Waals surface area contributed by atoms with Crippen LogP contribution in [0.2, 0.25) is 0 Å². The Kier molecular flexibility index (Phi) is 3.09. The summed E-state index contributed by atoms with van der Waals surface area (Å²) in [7, 11) is 0. The van der Waals surface area contributed by atoms with Gasteiger partial charge in [0, 0.05) is 19.1 Å². The van der Waals surface area contributed by atoms with Crippen LogP contribution in [0.1, 0.15) is 20.8 Å². The summed E-state index contributed by atoms with van der Waals surface area (Å²) in [6, 6.07) is 0.475. The van der Waals surface area contributed by atoms with Gasteiger partial charge < -0.3 is 10.2 Å². The van der Waals surface area contributed by atoms with E-state index in [-0.39, 0.29) is 5.91 Å². The highest BCUT2D eigenvalue weighted by molar-refractivity contribution is 5.79. The van der Waals surface area contributed by atoms with Crippen molar-refractivity contribution in [2.75, 3.05) is 19.6 Å². The zero-order chi connectivity index (χ0) is 9.14. The molecule has 1 fully saturated rings. The molecular formula is C9H18N2O. The number of nitrogens with zero attached hydrogens (tertiary/aromatic N) is 1. The predicted octanol–water partition coefficient (Wildman–Crippen LogP) is 0.463. The normalized spacial score (nSPS) is 25.2. The molecule has 0 aromatic carbocycles. The van der Waals surface area contributed by atoms with E-state index in [1.807, 2.05) is 11.8 Å². The summed E-state index contributed by atoms with van der Waals surface area (Å²) in [6.07, 6.45) is 0. The van der Waals surface area contributed by atoms with E-state index in [0.29, 0.717) is 18.5 Å². The van der Waals surface area contributed by atoms with Crippen LogP contribution < -0.4 is 5.32 Å². The molecule has 1 aliphatic rings. The van der Waals surface area contributed by atoms with Gasteiger partial charge >= 0.3 is 0 Å². The van der Waals surface area contributed by atoms with Gasteiger partial charge in [-0.05, 0) is 12.8 Å². The molecule has 1 aliphatic heterocycles. The highest BCUT2D eigenvalue weighted by Gasteiger charge is 2.25. The van der Waals surface area contributed by atoms with E-state index < -0.39 is 0 Å². The minimum Gasteiger partial charge on any atom is -0.340 e. The van der Waals surface area contributed by atoms with Crippen LogP contribution in [0.5, 0.6) is 0 Å². The van der Waals surface area contributed by atoms with Crippen LogP contribution in [0.3, 0.4) is 0 Å². The van der Waals surface area contributed by atoms with E-state index >= 15 is 0 Å². The molecule has 1 amide bonds. The van der Waals surface area contributed by atoms with Gasteiger partial charge in [-0.2, -0.15) is 0 Å². The largest absolute Gasteiger partial charge is 0.340 e. The van der Waals surface area contributed by atoms with Crippen LogP contribution in [-0.2, 0) is 4.79 Å². The van der Waals surface area contributed by atoms with E-state index in [4.69, 9.17) is 0 Å². The first-order valence-electron chi connectivity index (χ1n) is 4.66. The molecule has 12 heavy (non-hydrogen) atoms. The van der Waals surface area contributed by atoms with Gasteiger partial charge in [-0.25, -0.2) is 0 Å². The minimum atomic E-state index is 0.231. The van der Waals surface area contributed by atoms with Gasteiger partial charge in [0.2, 0.25) is 5.91 Å². The second kappa shape index (κ2) is 3.90. The van der Waals surface area contributed by atoms with E-state index in [9.17, 15) is 4.79 Å². The van der Waals surface area contributed by atoms with Crippen molar-refractivity contribution >= 4 is 5.91 Å². The van der Waals surface area contributed by atoms with Gasteiger partial charge in [0.05, 0.1) is 6.54 Å². The number of likely N-dealkylation sites (N-methyl/N-ethyl adjacent to an activating group) is 1. The first kappa shape index (κ1) is 9.52. The Morgan fingerprint density at radius 1 is 1.67 bits per heavy atom. The highest BCUT2D eigenvalue weighted by Crippen LogP contribution is 2.08. The third-order valence-corrected chi connectivity index (χ3v) is 2.47. The molecule has 3 nitrogen and oxygen atoms in total. The summed E-state index contributed by atoms with van der Waals surface area (Å²) in [4.78, 5) is 13.2. The van der Waals surface area contributed by atoms with Crippen LogP contribution in [0.15, 0.2) is 0 Å². The van der Waals surface area contributed by atoms with Crippen molar-refractivity contribution in [3.8, 4) is 0 Å². The van der Waals surface area contributed by atoms with Gasteiger partial charge in [-0.1, -0.05) is 13.8 Å². The third kappa shape index (κ3) is 1.97. The summed E-state index contributed by atoms with van der Waals surface area (Å²) >= 11 is 0. The van der Waals surface area contributed by atoms with Gasteiger partial charge in [-0.15, -0.1) is 0 Å². The number of nitrogens with one attached hydrogen (secondary N) is 1. The molecule has 1 N–H and O–H groups in total. The average molecular weight is 170 g/mol. The second-order valence-corrected chi connectivity index (χ2v) is 3.66. The number of hydrogen-bond acceptors (Lipinski definition) is 2. The zero-order valence-electron chi connectivity index (χ0n) is 8.13. The van der Waals surface area contributed by atoms with Crippen molar-refractivity contribution < 1.29 is 4.79 Å². The van der Waals surface area contributed by atoms with E-state index in [0.717, 1.165) is 13.1 Å². The molecule has 0 saturated carbocycles. The average Bonchev–Trinajstić information content (AvgIpc) is 2.05. The molecule has 0 bridgehead atoms. The summed E-state index contributed by atoms with van der Waals surface area (Å²) in [5.74, 6) is 0.835. The number of carbonyl (C=O) groups excluding carboxylic acids is 1. The van der Waals surface area contributed by atoms with Crippen molar-refractivity contribution in [2.24, 2.45) is 5.92 Å². The Morgan fingerprint density at radius 3 is 2.83 bits per heavy atom. The van der Waals surface area contributed by atoms with Crippen molar-refractivity contribution in [3.05, 3.63) is 0 Å². The number of piperazine rings is 1. The number of rotatable bonds is 2. The lowest BCUT2D eigenvalue weighted by atomic mass is 10.0. The molecule has 0 radical (unpaired) electrons. The van der Waals surface area contributed by atoms with Crippen molar-refractivity contribution in [1.82, 2.24) is 10.2 Å². The Morgan fingerprint density at radius 2 is 2.33 bits per heavy atom. The summed E-state index contributed by atoms with van der Waals surface area (Å²) in [5, 5.41) is 3.24. The van der Waals surface area contributed by atoms with E-state index in [1.54, 1.807) is 0 Å². The Hall–Kier alpha value is -0.570. The van der Waals surface area contributed by atoms with E-state index in [1.165, 1.54) is 0 Å². The fourth-order valence-electron chi connectivity index (χ4n) is 1.49. The highest BCUT2D eigenvalue weighted by atomic mass is 16.2. The minimum absolute atomic E-state index is 0.231. The Bertz CT molecular complexity index is 168. The van der Waals surface area contributed by atoms with Crippen molar-refractivity contribution in [2.45, 2.75) is 26.8 Å². The SMILES string of the molecule is CCN1C[C@@H](C(C)C)NCC1=O. The fourth-order valence-corrected chi connectivity index (χ4v) is 1.49. The quantitative estimate of drug-likeness (QED) is 0.653. The van der Waals surface area contributed by atoms with E-state index in [2.05, 4.69) is 19.2 Å². The summed E-state index contributed by atoms with van der Waals surface area (Å²) in [5.41, 5.74) is 0. The molecule has 1 atom stereocenters. The maximum Gasteiger partial charge on any atom is 0.236 e. The Balaban J connectivity index is 2.49. The molecular weight excluding hydrogens is 152 g/mol. The molecule has 3 heteroatoms. The second-order valence-electron chi connectivity index (χ2n) is 3.66. The first-order chi connectivity index (χ1) is 5.65. The first-order valence-corrected chi connectivity index (χ1v) is 4.66. The lowest BCUT2D eigenvalue weighted by molar-refractivity contribution is -0.133. The number of amides is 1. The van der Waals surface area contributed by atoms with Crippen molar-refractivity contribution in [1.29, 1.82) is 0 Å². The molecule has 1 heterocycles. The molecule has 70 valence electrons. The monoisotopic (exact) mass is 170 g/mol. The van der Waals surface area contributed by atoms with Crippen LogP contribution in [0, 0.1) is 5.92 Å².